The third-order valence-electron chi connectivity index (χ3n) is 2.88. The molecular weight excluding hydrogens is 331 g/mol. The maximum Gasteiger partial charge on any atom is 0.167 e. The highest BCUT2D eigenvalue weighted by Crippen LogP contribution is 2.21. The van der Waals surface area contributed by atoms with E-state index in [-0.39, 0.29) is 17.2 Å². The molecule has 1 nitrogen and oxygen atoms in total. The molecule has 0 N–H and O–H groups in total. The Kier molecular flexibility index (Phi) is 4.38. The lowest BCUT2D eigenvalue weighted by Gasteiger charge is -2.06. The van der Waals surface area contributed by atoms with Crippen LogP contribution in [0.15, 0.2) is 40.9 Å². The lowest BCUT2D eigenvalue weighted by molar-refractivity contribution is 0.0992. The van der Waals surface area contributed by atoms with Crippen molar-refractivity contribution in [2.45, 2.75) is 13.3 Å². The molecule has 2 rings (SSSR count). The number of ketones is 1. The van der Waals surface area contributed by atoms with Gasteiger partial charge in [0, 0.05) is 16.5 Å². The summed E-state index contributed by atoms with van der Waals surface area (Å²) in [5, 5.41) is 0.0374. The van der Waals surface area contributed by atoms with E-state index in [4.69, 9.17) is 11.6 Å². The van der Waals surface area contributed by atoms with E-state index in [1.807, 2.05) is 13.0 Å². The maximum absolute atomic E-state index is 13.7. The van der Waals surface area contributed by atoms with Gasteiger partial charge in [-0.15, -0.1) is 0 Å². The summed E-state index contributed by atoms with van der Waals surface area (Å²) in [5.74, 6) is -0.662. The molecule has 0 aliphatic carbocycles. The number of rotatable bonds is 3. The van der Waals surface area contributed by atoms with Crippen LogP contribution in [0.5, 0.6) is 0 Å². The highest BCUT2D eigenvalue weighted by atomic mass is 79.9. The van der Waals surface area contributed by atoms with Crippen LogP contribution in [0.4, 0.5) is 4.39 Å². The molecule has 0 bridgehead atoms. The molecule has 0 spiro atoms. The fourth-order valence-corrected chi connectivity index (χ4v) is 2.30. The molecule has 0 unspecified atom stereocenters. The smallest absolute Gasteiger partial charge is 0.167 e. The van der Waals surface area contributed by atoms with Gasteiger partial charge in [-0.1, -0.05) is 51.8 Å². The molecule has 0 saturated carbocycles. The molecule has 2 aromatic rings. The molecule has 0 aliphatic rings. The van der Waals surface area contributed by atoms with Crippen LogP contribution in [0.3, 0.4) is 0 Å². The molecule has 0 saturated heterocycles. The van der Waals surface area contributed by atoms with Crippen molar-refractivity contribution in [3.8, 4) is 0 Å². The zero-order valence-corrected chi connectivity index (χ0v) is 12.6. The number of benzene rings is 2. The Balaban J connectivity index is 2.26. The fourth-order valence-electron chi connectivity index (χ4n) is 1.73. The first-order valence-corrected chi connectivity index (χ1v) is 6.88. The lowest BCUT2D eigenvalue weighted by atomic mass is 10.0. The van der Waals surface area contributed by atoms with Crippen LogP contribution in [0.1, 0.15) is 21.5 Å². The monoisotopic (exact) mass is 340 g/mol. The average molecular weight is 342 g/mol. The van der Waals surface area contributed by atoms with Crippen molar-refractivity contribution in [2.24, 2.45) is 0 Å². The first-order valence-electron chi connectivity index (χ1n) is 5.71. The molecule has 0 aliphatic heterocycles. The van der Waals surface area contributed by atoms with Crippen LogP contribution in [0.2, 0.25) is 5.02 Å². The quantitative estimate of drug-likeness (QED) is 0.720. The topological polar surface area (TPSA) is 17.1 Å². The van der Waals surface area contributed by atoms with Crippen LogP contribution in [-0.4, -0.2) is 5.78 Å². The molecule has 0 heterocycles. The molecule has 4 heteroatoms. The first-order chi connectivity index (χ1) is 8.99. The molecular formula is C15H11BrClFO. The lowest BCUT2D eigenvalue weighted by Crippen LogP contribution is -2.05. The van der Waals surface area contributed by atoms with Gasteiger partial charge in [0.25, 0.3) is 0 Å². The predicted octanol–water partition coefficient (Wildman–Crippen LogP) is 4.98. The molecule has 0 amide bonds. The number of carbonyl (C=O) groups is 1. The Bertz CT molecular complexity index is 640. The number of hydrogen-bond donors (Lipinski definition) is 0. The van der Waals surface area contributed by atoms with Crippen molar-refractivity contribution in [3.05, 3.63) is 68.4 Å². The summed E-state index contributed by atoms with van der Waals surface area (Å²) in [6, 6.07) is 10.0. The Morgan fingerprint density at radius 1 is 1.32 bits per heavy atom. The second kappa shape index (κ2) is 5.85. The highest BCUT2D eigenvalue weighted by molar-refractivity contribution is 9.10. The van der Waals surface area contributed by atoms with Crippen molar-refractivity contribution < 1.29 is 9.18 Å². The van der Waals surface area contributed by atoms with Crippen molar-refractivity contribution in [2.75, 3.05) is 0 Å². The van der Waals surface area contributed by atoms with Crippen LogP contribution in [-0.2, 0) is 6.42 Å². The number of aryl methyl sites for hydroxylation is 1. The molecule has 0 aromatic heterocycles. The Morgan fingerprint density at radius 2 is 2.05 bits per heavy atom. The van der Waals surface area contributed by atoms with Gasteiger partial charge in [0.15, 0.2) is 5.78 Å². The largest absolute Gasteiger partial charge is 0.294 e. The standard InChI is InChI=1S/C15H11BrClFO/c1-9-5-6-10(7-12(9)16)14(19)8-11-3-2-4-13(17)15(11)18/h2-7H,8H2,1H3. The van der Waals surface area contributed by atoms with E-state index < -0.39 is 5.82 Å². The fraction of sp³-hybridized carbons (Fsp3) is 0.133. The third kappa shape index (κ3) is 3.23. The minimum atomic E-state index is -0.524. The van der Waals surface area contributed by atoms with Crippen molar-refractivity contribution >= 4 is 33.3 Å². The van der Waals surface area contributed by atoms with Crippen LogP contribution < -0.4 is 0 Å². The predicted molar refractivity (Wildman–Crippen MR) is 78.3 cm³/mol. The van der Waals surface area contributed by atoms with Gasteiger partial charge in [-0.2, -0.15) is 0 Å². The van der Waals surface area contributed by atoms with Crippen LogP contribution in [0.25, 0.3) is 0 Å². The van der Waals surface area contributed by atoms with Gasteiger partial charge in [0.05, 0.1) is 5.02 Å². The third-order valence-corrected chi connectivity index (χ3v) is 4.02. The van der Waals surface area contributed by atoms with E-state index in [1.54, 1.807) is 24.3 Å². The van der Waals surface area contributed by atoms with Gasteiger partial charge in [-0.25, -0.2) is 4.39 Å². The molecule has 19 heavy (non-hydrogen) atoms. The number of halogens is 3. The summed E-state index contributed by atoms with van der Waals surface area (Å²) in [7, 11) is 0. The molecule has 98 valence electrons. The van der Waals surface area contributed by atoms with Crippen molar-refractivity contribution in [1.82, 2.24) is 0 Å². The highest BCUT2D eigenvalue weighted by Gasteiger charge is 2.13. The molecule has 0 radical (unpaired) electrons. The van der Waals surface area contributed by atoms with E-state index in [0.717, 1.165) is 10.0 Å². The van der Waals surface area contributed by atoms with E-state index in [2.05, 4.69) is 15.9 Å². The second-order valence-corrected chi connectivity index (χ2v) is 5.54. The Labute approximate surface area is 124 Å². The van der Waals surface area contributed by atoms with Crippen molar-refractivity contribution in [3.63, 3.8) is 0 Å². The summed E-state index contributed by atoms with van der Waals surface area (Å²) in [5.41, 5.74) is 1.91. The van der Waals surface area contributed by atoms with E-state index >= 15 is 0 Å². The van der Waals surface area contributed by atoms with E-state index in [0.29, 0.717) is 11.1 Å². The first kappa shape index (κ1) is 14.2. The maximum atomic E-state index is 13.7. The zero-order chi connectivity index (χ0) is 14.0. The zero-order valence-electron chi connectivity index (χ0n) is 10.2. The summed E-state index contributed by atoms with van der Waals surface area (Å²) in [4.78, 5) is 12.1. The van der Waals surface area contributed by atoms with Gasteiger partial charge in [-0.05, 0) is 30.2 Å². The summed E-state index contributed by atoms with van der Waals surface area (Å²) in [6.45, 7) is 1.94. The van der Waals surface area contributed by atoms with Crippen molar-refractivity contribution in [1.29, 1.82) is 0 Å². The SMILES string of the molecule is Cc1ccc(C(=O)Cc2cccc(Cl)c2F)cc1Br. The van der Waals surface area contributed by atoms with E-state index in [9.17, 15) is 9.18 Å². The summed E-state index contributed by atoms with van der Waals surface area (Å²) >= 11 is 9.07. The minimum absolute atomic E-state index is 0.00188. The average Bonchev–Trinajstić information content (AvgIpc) is 2.38. The summed E-state index contributed by atoms with van der Waals surface area (Å²) < 4.78 is 14.6. The van der Waals surface area contributed by atoms with Gasteiger partial charge in [0.1, 0.15) is 5.82 Å². The van der Waals surface area contributed by atoms with E-state index in [1.165, 1.54) is 6.07 Å². The number of carbonyl (C=O) groups excluding carboxylic acids is 1. The Morgan fingerprint density at radius 3 is 2.74 bits per heavy atom. The molecule has 0 atom stereocenters. The van der Waals surface area contributed by atoms with Crippen LogP contribution >= 0.6 is 27.5 Å². The van der Waals surface area contributed by atoms with Gasteiger partial charge in [-0.3, -0.25) is 4.79 Å². The van der Waals surface area contributed by atoms with Gasteiger partial charge in [0.2, 0.25) is 0 Å². The number of Topliss-reactive ketones (excluding diaryl/α,β-unsaturated/α-hetero) is 1. The van der Waals surface area contributed by atoms with Gasteiger partial charge < -0.3 is 0 Å². The Hall–Kier alpha value is -1.19. The molecule has 0 fully saturated rings. The van der Waals surface area contributed by atoms with Gasteiger partial charge >= 0.3 is 0 Å². The normalized spacial score (nSPS) is 10.5. The number of hydrogen-bond acceptors (Lipinski definition) is 1. The summed E-state index contributed by atoms with van der Waals surface area (Å²) in [6.07, 6.45) is 0.00188. The minimum Gasteiger partial charge on any atom is -0.294 e. The second-order valence-electron chi connectivity index (χ2n) is 4.28. The molecule has 2 aromatic carbocycles. The van der Waals surface area contributed by atoms with Crippen LogP contribution in [0, 0.1) is 12.7 Å².